The molecule has 0 aliphatic heterocycles. The van der Waals surface area contributed by atoms with Gasteiger partial charge in [0.25, 0.3) is 5.56 Å². The molecule has 1 heterocycles. The van der Waals surface area contributed by atoms with Crippen LogP contribution in [0.2, 0.25) is 0 Å². The Balaban J connectivity index is 0.00000272. The van der Waals surface area contributed by atoms with E-state index in [9.17, 15) is 30.7 Å². The fourth-order valence-electron chi connectivity index (χ4n) is 2.47. The topological polar surface area (TPSA) is 206 Å². The van der Waals surface area contributed by atoms with Gasteiger partial charge in [0, 0.05) is 0 Å². The van der Waals surface area contributed by atoms with Gasteiger partial charge in [0.2, 0.25) is 0 Å². The maximum absolute atomic E-state index is 12.7. The summed E-state index contributed by atoms with van der Waals surface area (Å²) in [6, 6.07) is 8.88. The van der Waals surface area contributed by atoms with E-state index in [1.165, 1.54) is 24.3 Å². The van der Waals surface area contributed by atoms with Crippen molar-refractivity contribution < 1.29 is 117 Å². The number of nitrogens with zero attached hydrogens (tertiary/aromatic N) is 3. The number of hydrogen-bond donors (Lipinski definition) is 2. The molecule has 17 heteroatoms. The molecule has 0 aliphatic carbocycles. The van der Waals surface area contributed by atoms with Gasteiger partial charge in [0.1, 0.15) is 26.8 Å². The average Bonchev–Trinajstić information content (AvgIpc) is 3.01. The molecule has 33 heavy (non-hydrogen) atoms. The smallest absolute Gasteiger partial charge is 0.744 e. The van der Waals surface area contributed by atoms with Crippen molar-refractivity contribution in [1.29, 1.82) is 0 Å². The molecule has 0 saturated heterocycles. The molecular weight excluding hydrogens is 518 g/mol. The summed E-state index contributed by atoms with van der Waals surface area (Å²) >= 11 is 0. The Morgan fingerprint density at radius 2 is 1.39 bits per heavy atom. The Kier molecular flexibility index (Phi) is 11.5. The largest absolute Gasteiger partial charge is 1.00 e. The summed E-state index contributed by atoms with van der Waals surface area (Å²) in [4.78, 5) is 15.8. The van der Waals surface area contributed by atoms with Gasteiger partial charge < -0.3 is 9.11 Å². The van der Waals surface area contributed by atoms with E-state index in [0.717, 1.165) is 28.9 Å². The van der Waals surface area contributed by atoms with Crippen LogP contribution in [0.15, 0.2) is 73.3 Å². The third-order valence-corrected chi connectivity index (χ3v) is 5.62. The molecule has 2 aromatic carbocycles. The third kappa shape index (κ3) is 7.71. The third-order valence-electron chi connectivity index (χ3n) is 3.92. The number of rotatable bonds is 7. The van der Waals surface area contributed by atoms with E-state index >= 15 is 0 Å². The van der Waals surface area contributed by atoms with E-state index in [-0.39, 0.29) is 104 Å². The zero-order valence-corrected chi connectivity index (χ0v) is 24.0. The van der Waals surface area contributed by atoms with Gasteiger partial charge in [-0.3, -0.25) is 15.2 Å². The van der Waals surface area contributed by atoms with Gasteiger partial charge in [0.15, 0.2) is 5.69 Å². The number of benzene rings is 2. The van der Waals surface area contributed by atoms with Gasteiger partial charge in [-0.05, 0) is 48.5 Å². The number of H-pyrrole nitrogens is 1. The van der Waals surface area contributed by atoms with E-state index in [2.05, 4.69) is 20.2 Å². The van der Waals surface area contributed by atoms with Crippen molar-refractivity contribution in [2.45, 2.75) is 16.4 Å². The number of aromatic amines is 1. The van der Waals surface area contributed by atoms with Crippen molar-refractivity contribution in [3.63, 3.8) is 0 Å². The first kappa shape index (κ1) is 30.5. The first-order chi connectivity index (χ1) is 14.5. The van der Waals surface area contributed by atoms with Crippen LogP contribution in [0.3, 0.4) is 0 Å². The Labute approximate surface area is 252 Å². The van der Waals surface area contributed by atoms with Gasteiger partial charge in [0.05, 0.1) is 26.9 Å². The summed E-state index contributed by atoms with van der Waals surface area (Å²) in [5.41, 5.74) is -0.721. The van der Waals surface area contributed by atoms with Gasteiger partial charge in [-0.15, -0.1) is 5.11 Å². The van der Waals surface area contributed by atoms with E-state index < -0.39 is 42.2 Å². The van der Waals surface area contributed by atoms with Crippen LogP contribution in [-0.2, 0) is 31.7 Å². The molecule has 0 fully saturated rings. The van der Waals surface area contributed by atoms with Crippen LogP contribution in [0.1, 0.15) is 5.69 Å². The van der Waals surface area contributed by atoms with Crippen LogP contribution in [0, 0.1) is 0 Å². The predicted molar refractivity (Wildman–Crippen MR) is 100 cm³/mol. The fourth-order valence-corrected chi connectivity index (χ4v) is 3.41. The zero-order valence-electron chi connectivity index (χ0n) is 17.2. The first-order valence-corrected chi connectivity index (χ1v) is 11.0. The molecule has 0 atom stereocenters. The second-order valence-corrected chi connectivity index (χ2v) is 8.71. The van der Waals surface area contributed by atoms with Crippen LogP contribution in [-0.4, -0.2) is 41.0 Å². The number of nitrogens with one attached hydrogen (secondary N) is 1. The summed E-state index contributed by atoms with van der Waals surface area (Å²) in [7, 11) is -9.30. The Hall–Kier alpha value is -0.574. The number of hydrogen-bond acceptors (Lipinski definition) is 11. The minimum absolute atomic E-state index is 0. The fraction of sp³-hybridized carbons (Fsp3) is 0.0625. The molecule has 0 aliphatic rings. The van der Waals surface area contributed by atoms with Crippen LogP contribution in [0.25, 0.3) is 5.69 Å². The van der Waals surface area contributed by atoms with E-state index in [1.54, 1.807) is 0 Å². The normalized spacial score (nSPS) is 11.7. The molecule has 0 radical (unpaired) electrons. The molecule has 1 aromatic heterocycles. The molecule has 3 aromatic rings. The minimum Gasteiger partial charge on any atom is -0.744 e. The van der Waals surface area contributed by atoms with Crippen molar-refractivity contribution in [2.24, 2.45) is 10.2 Å². The van der Waals surface area contributed by atoms with E-state index in [0.29, 0.717) is 0 Å². The van der Waals surface area contributed by atoms with Crippen molar-refractivity contribution in [1.82, 2.24) is 9.78 Å². The monoisotopic (exact) mass is 530 g/mol. The Morgan fingerprint density at radius 3 is 1.85 bits per heavy atom. The number of aromatic nitrogens is 2. The summed E-state index contributed by atoms with van der Waals surface area (Å²) in [6.07, 6.45) is 0. The Morgan fingerprint density at radius 1 is 0.909 bits per heavy atom. The van der Waals surface area contributed by atoms with Crippen molar-refractivity contribution in [2.75, 3.05) is 0 Å². The van der Waals surface area contributed by atoms with E-state index in [4.69, 9.17) is 5.26 Å². The van der Waals surface area contributed by atoms with Crippen molar-refractivity contribution in [3.05, 3.63) is 64.6 Å². The zero-order chi connectivity index (χ0) is 22.8. The maximum Gasteiger partial charge on any atom is 1.00 e. The van der Waals surface area contributed by atoms with Crippen molar-refractivity contribution >= 4 is 31.6 Å². The molecule has 0 amide bonds. The predicted octanol–water partition coefficient (Wildman–Crippen LogP) is -4.61. The molecule has 164 valence electrons. The summed E-state index contributed by atoms with van der Waals surface area (Å²) in [5.74, 6) is 0. The molecule has 2 N–H and O–H groups in total. The average molecular weight is 531 g/mol. The number of azo groups is 1. The molecule has 0 bridgehead atoms. The second kappa shape index (κ2) is 12.4. The maximum atomic E-state index is 12.7. The van der Waals surface area contributed by atoms with Gasteiger partial charge in [-0.2, -0.15) is 5.11 Å². The molecule has 0 unspecified atom stereocenters. The summed E-state index contributed by atoms with van der Waals surface area (Å²) < 4.78 is 66.9. The standard InChI is InChI=1S/C16H14N4O9S2.K.Na/c21-16-15(18-17-10-1-5-12(6-2-10)30(23,24)25)14(9-29-22)19-20(16)11-3-7-13(8-4-11)31(26,27)28;;/h1-8,19,22H,9H2,(H,23,24,25)(H,26,27,28);;/q;2*+1/p-2. The van der Waals surface area contributed by atoms with Gasteiger partial charge in [-0.1, -0.05) is 0 Å². The molecule has 13 nitrogen and oxygen atoms in total. The summed E-state index contributed by atoms with van der Waals surface area (Å²) in [6.45, 7) is -0.475. The van der Waals surface area contributed by atoms with Crippen LogP contribution in [0.5, 0.6) is 0 Å². The minimum atomic E-state index is -4.67. The van der Waals surface area contributed by atoms with Crippen LogP contribution < -0.4 is 86.5 Å². The molecule has 0 saturated carbocycles. The van der Waals surface area contributed by atoms with Crippen LogP contribution in [0.4, 0.5) is 11.4 Å². The second-order valence-electron chi connectivity index (χ2n) is 5.95. The van der Waals surface area contributed by atoms with Crippen LogP contribution >= 0.6 is 0 Å². The van der Waals surface area contributed by atoms with Gasteiger partial charge in [-0.25, -0.2) is 26.4 Å². The molecule has 0 spiro atoms. The molecular formula is C16H12KN4NaO9S2. The first-order valence-electron chi connectivity index (χ1n) is 8.15. The SMILES string of the molecule is O=c1c(N=Nc2ccc(S(=O)(=O)[O-])cc2)c(COO)[nH]n1-c1ccc(S(=O)(=O)[O-])cc1.[K+].[Na+]. The van der Waals surface area contributed by atoms with E-state index in [1.807, 2.05) is 0 Å². The van der Waals surface area contributed by atoms with Gasteiger partial charge >= 0.3 is 80.9 Å². The summed E-state index contributed by atoms with van der Waals surface area (Å²) in [5, 5.41) is 18.9. The quantitative estimate of drug-likeness (QED) is 0.0989. The Bertz CT molecular complexity index is 1400. The van der Waals surface area contributed by atoms with Crippen molar-refractivity contribution in [3.8, 4) is 5.69 Å². The molecule has 3 rings (SSSR count).